The summed E-state index contributed by atoms with van der Waals surface area (Å²) in [5, 5.41) is 1.52. The van der Waals surface area contributed by atoms with Crippen LogP contribution in [0, 0.1) is 0 Å². The molecule has 5 nitrogen and oxygen atoms in total. The van der Waals surface area contributed by atoms with Crippen molar-refractivity contribution in [2.75, 3.05) is 45.6 Å². The Hall–Kier alpha value is -1.08. The fraction of sp³-hybridized carbons (Fsp3) is 0.500. The summed E-state index contributed by atoms with van der Waals surface area (Å²) in [6, 6.07) is 3.91. The molecule has 0 spiro atoms. The van der Waals surface area contributed by atoms with Gasteiger partial charge in [0.1, 0.15) is 5.15 Å². The summed E-state index contributed by atoms with van der Waals surface area (Å²) in [6.45, 7) is 9.39. The molecule has 2 aliphatic heterocycles. The lowest BCUT2D eigenvalue weighted by molar-refractivity contribution is 0.0405. The Morgan fingerprint density at radius 3 is 2.96 bits per heavy atom. The van der Waals surface area contributed by atoms with E-state index in [0.29, 0.717) is 5.15 Å². The molecule has 1 atom stereocenters. The molecule has 1 aromatic heterocycles. The molecule has 1 unspecified atom stereocenters. The van der Waals surface area contributed by atoms with Crippen molar-refractivity contribution in [1.29, 1.82) is 0 Å². The Morgan fingerprint density at radius 2 is 2.26 bits per heavy atom. The minimum absolute atomic E-state index is 0.0140. The van der Waals surface area contributed by atoms with E-state index in [-0.39, 0.29) is 6.04 Å². The van der Waals surface area contributed by atoms with Gasteiger partial charge in [-0.1, -0.05) is 36.0 Å². The van der Waals surface area contributed by atoms with Gasteiger partial charge in [-0.2, -0.15) is 0 Å². The zero-order chi connectivity index (χ0) is 16.2. The average molecular weight is 353 g/mol. The lowest BCUT2D eigenvalue weighted by Gasteiger charge is -2.31. The van der Waals surface area contributed by atoms with Crippen LogP contribution in [0.3, 0.4) is 0 Å². The number of nitrogens with zero attached hydrogens (tertiary/aromatic N) is 4. The number of morpholine rings is 1. The smallest absolute Gasteiger partial charge is 0.163 e. The molecular formula is C16H21ClN4OS. The van der Waals surface area contributed by atoms with Crippen LogP contribution in [-0.2, 0) is 4.74 Å². The van der Waals surface area contributed by atoms with E-state index < -0.39 is 0 Å². The summed E-state index contributed by atoms with van der Waals surface area (Å²) < 4.78 is 5.40. The maximum atomic E-state index is 6.23. The average Bonchev–Trinajstić information content (AvgIpc) is 3.00. The van der Waals surface area contributed by atoms with Gasteiger partial charge in [0.15, 0.2) is 5.17 Å². The molecule has 1 saturated heterocycles. The van der Waals surface area contributed by atoms with Crippen molar-refractivity contribution in [1.82, 2.24) is 14.8 Å². The Morgan fingerprint density at radius 1 is 1.48 bits per heavy atom. The molecule has 0 bridgehead atoms. The SMILES string of the molecule is C=C(CN1CCOCC1)N1CC(c2cccnc2Cl)N=C1SC. The van der Waals surface area contributed by atoms with Crippen LogP contribution in [0.2, 0.25) is 5.15 Å². The number of aromatic nitrogens is 1. The highest BCUT2D eigenvalue weighted by molar-refractivity contribution is 8.13. The van der Waals surface area contributed by atoms with Gasteiger partial charge in [-0.15, -0.1) is 0 Å². The first-order valence-corrected chi connectivity index (χ1v) is 9.27. The third-order valence-corrected chi connectivity index (χ3v) is 5.08. The number of hydrogen-bond donors (Lipinski definition) is 0. The van der Waals surface area contributed by atoms with E-state index in [1.54, 1.807) is 18.0 Å². The monoisotopic (exact) mass is 352 g/mol. The van der Waals surface area contributed by atoms with Crippen LogP contribution in [0.4, 0.5) is 0 Å². The number of amidine groups is 1. The fourth-order valence-electron chi connectivity index (χ4n) is 2.84. The number of aliphatic imine (C=N–C) groups is 1. The molecule has 0 saturated carbocycles. The van der Waals surface area contributed by atoms with Gasteiger partial charge >= 0.3 is 0 Å². The molecule has 0 N–H and O–H groups in total. The van der Waals surface area contributed by atoms with E-state index in [0.717, 1.165) is 55.8 Å². The summed E-state index contributed by atoms with van der Waals surface area (Å²) in [5.41, 5.74) is 2.05. The number of pyridine rings is 1. The highest BCUT2D eigenvalue weighted by Crippen LogP contribution is 2.33. The molecule has 7 heteroatoms. The quantitative estimate of drug-likeness (QED) is 0.779. The molecule has 0 aromatic carbocycles. The molecule has 3 heterocycles. The Labute approximate surface area is 146 Å². The molecule has 3 rings (SSSR count). The van der Waals surface area contributed by atoms with Crippen molar-refractivity contribution in [3.8, 4) is 0 Å². The molecule has 124 valence electrons. The lowest BCUT2D eigenvalue weighted by atomic mass is 10.1. The topological polar surface area (TPSA) is 41.0 Å². The van der Waals surface area contributed by atoms with Crippen LogP contribution in [0.5, 0.6) is 0 Å². The van der Waals surface area contributed by atoms with Crippen molar-refractivity contribution < 1.29 is 4.74 Å². The first kappa shape index (κ1) is 16.8. The largest absolute Gasteiger partial charge is 0.379 e. The van der Waals surface area contributed by atoms with Gasteiger partial charge in [-0.05, 0) is 12.3 Å². The number of hydrogen-bond acceptors (Lipinski definition) is 6. The van der Waals surface area contributed by atoms with Crippen LogP contribution in [-0.4, -0.2) is 65.6 Å². The molecule has 0 aliphatic carbocycles. The summed E-state index contributed by atoms with van der Waals surface area (Å²) in [5.74, 6) is 0. The third kappa shape index (κ3) is 3.88. The van der Waals surface area contributed by atoms with Crippen LogP contribution in [0.25, 0.3) is 0 Å². The predicted molar refractivity (Wildman–Crippen MR) is 96.0 cm³/mol. The molecule has 0 amide bonds. The summed E-state index contributed by atoms with van der Waals surface area (Å²) in [7, 11) is 0. The standard InChI is InChI=1S/C16H21ClN4OS/c1-12(10-20-6-8-22-9-7-20)21-11-14(19-16(21)23-2)13-4-3-5-18-15(13)17/h3-5,14H,1,6-11H2,2H3. The zero-order valence-corrected chi connectivity index (χ0v) is 14.8. The van der Waals surface area contributed by atoms with Crippen molar-refractivity contribution in [2.24, 2.45) is 4.99 Å². The highest BCUT2D eigenvalue weighted by atomic mass is 35.5. The first-order chi connectivity index (χ1) is 11.2. The predicted octanol–water partition coefficient (Wildman–Crippen LogP) is 2.66. The van der Waals surface area contributed by atoms with Gasteiger partial charge in [0.25, 0.3) is 0 Å². The van der Waals surface area contributed by atoms with E-state index in [4.69, 9.17) is 21.3 Å². The number of halogens is 1. The van der Waals surface area contributed by atoms with Crippen molar-refractivity contribution >= 4 is 28.5 Å². The van der Waals surface area contributed by atoms with Gasteiger partial charge in [0.05, 0.1) is 25.8 Å². The maximum Gasteiger partial charge on any atom is 0.163 e. The van der Waals surface area contributed by atoms with Gasteiger partial charge in [0, 0.05) is 37.1 Å². The summed E-state index contributed by atoms with van der Waals surface area (Å²) in [4.78, 5) is 13.5. The fourth-order valence-corrected chi connectivity index (χ4v) is 3.74. The van der Waals surface area contributed by atoms with Gasteiger partial charge in [-0.3, -0.25) is 9.89 Å². The normalized spacial score (nSPS) is 22.3. The van der Waals surface area contributed by atoms with Gasteiger partial charge in [-0.25, -0.2) is 4.98 Å². The summed E-state index contributed by atoms with van der Waals surface area (Å²) >= 11 is 7.87. The van der Waals surface area contributed by atoms with Crippen molar-refractivity contribution in [2.45, 2.75) is 6.04 Å². The zero-order valence-electron chi connectivity index (χ0n) is 13.2. The van der Waals surface area contributed by atoms with E-state index in [1.165, 1.54) is 0 Å². The second-order valence-electron chi connectivity index (χ2n) is 5.58. The highest BCUT2D eigenvalue weighted by Gasteiger charge is 2.29. The second-order valence-corrected chi connectivity index (χ2v) is 6.71. The van der Waals surface area contributed by atoms with E-state index in [9.17, 15) is 0 Å². The molecular weight excluding hydrogens is 332 g/mol. The van der Waals surface area contributed by atoms with Gasteiger partial charge in [0.2, 0.25) is 0 Å². The summed E-state index contributed by atoms with van der Waals surface area (Å²) in [6.07, 6.45) is 3.75. The number of rotatable bonds is 4. The maximum absolute atomic E-state index is 6.23. The van der Waals surface area contributed by atoms with Crippen LogP contribution in [0.1, 0.15) is 11.6 Å². The second kappa shape index (κ2) is 7.66. The molecule has 1 aromatic rings. The van der Waals surface area contributed by atoms with Crippen molar-refractivity contribution in [3.63, 3.8) is 0 Å². The van der Waals surface area contributed by atoms with Crippen LogP contribution < -0.4 is 0 Å². The third-order valence-electron chi connectivity index (χ3n) is 4.07. The van der Waals surface area contributed by atoms with E-state index in [2.05, 4.69) is 21.4 Å². The Bertz CT molecular complexity index is 603. The van der Waals surface area contributed by atoms with Gasteiger partial charge < -0.3 is 9.64 Å². The van der Waals surface area contributed by atoms with E-state index in [1.807, 2.05) is 18.4 Å². The molecule has 23 heavy (non-hydrogen) atoms. The number of ether oxygens (including phenoxy) is 1. The van der Waals surface area contributed by atoms with E-state index >= 15 is 0 Å². The Balaban J connectivity index is 1.70. The first-order valence-electron chi connectivity index (χ1n) is 7.66. The molecule has 0 radical (unpaired) electrons. The van der Waals surface area contributed by atoms with Crippen LogP contribution in [0.15, 0.2) is 35.6 Å². The molecule has 2 aliphatic rings. The van der Waals surface area contributed by atoms with Crippen molar-refractivity contribution in [3.05, 3.63) is 41.3 Å². The number of thioether (sulfide) groups is 1. The van der Waals surface area contributed by atoms with Crippen LogP contribution >= 0.6 is 23.4 Å². The Kier molecular flexibility index (Phi) is 5.58. The lowest BCUT2D eigenvalue weighted by Crippen LogP contribution is -2.40. The molecule has 1 fully saturated rings. The minimum atomic E-state index is 0.0140. The minimum Gasteiger partial charge on any atom is -0.379 e.